The monoisotopic (exact) mass is 387 g/mol. The first kappa shape index (κ1) is 21.9. The Bertz CT molecular complexity index is 677. The largest absolute Gasteiger partial charge is 0.354 e. The molecule has 1 atom stereocenters. The zero-order valence-electron chi connectivity index (χ0n) is 17.5. The molecule has 1 aliphatic rings. The summed E-state index contributed by atoms with van der Waals surface area (Å²) >= 11 is 0. The van der Waals surface area contributed by atoms with E-state index in [0.29, 0.717) is 50.4 Å². The Balaban J connectivity index is 2.08. The maximum absolute atomic E-state index is 12.8. The van der Waals surface area contributed by atoms with Crippen molar-refractivity contribution in [3.05, 3.63) is 35.4 Å². The summed E-state index contributed by atoms with van der Waals surface area (Å²) in [6.07, 6.45) is 1.91. The predicted octanol–water partition coefficient (Wildman–Crippen LogP) is 2.51. The Kier molecular flexibility index (Phi) is 8.03. The van der Waals surface area contributed by atoms with Gasteiger partial charge in [0.25, 0.3) is 5.91 Å². The minimum atomic E-state index is -0.591. The van der Waals surface area contributed by atoms with Crippen molar-refractivity contribution in [2.45, 2.75) is 53.0 Å². The van der Waals surface area contributed by atoms with Crippen LogP contribution in [0, 0.1) is 18.8 Å². The number of benzene rings is 1. The molecule has 0 radical (unpaired) electrons. The summed E-state index contributed by atoms with van der Waals surface area (Å²) < 4.78 is 0. The van der Waals surface area contributed by atoms with Crippen molar-refractivity contribution in [3.8, 4) is 0 Å². The van der Waals surface area contributed by atoms with Crippen molar-refractivity contribution >= 4 is 17.7 Å². The number of likely N-dealkylation sites (tertiary alicyclic amines) is 1. The molecule has 0 bridgehead atoms. The van der Waals surface area contributed by atoms with Gasteiger partial charge in [-0.15, -0.1) is 0 Å². The molecule has 154 valence electrons. The van der Waals surface area contributed by atoms with Crippen LogP contribution in [0.25, 0.3) is 0 Å². The van der Waals surface area contributed by atoms with Gasteiger partial charge >= 0.3 is 0 Å². The van der Waals surface area contributed by atoms with Crippen LogP contribution in [0.4, 0.5) is 0 Å². The Hall–Kier alpha value is -2.37. The zero-order chi connectivity index (χ0) is 20.7. The third kappa shape index (κ3) is 6.08. The fraction of sp³-hybridized carbons (Fsp3) is 0.591. The van der Waals surface area contributed by atoms with Crippen molar-refractivity contribution in [1.82, 2.24) is 15.5 Å². The number of hydrogen-bond donors (Lipinski definition) is 2. The summed E-state index contributed by atoms with van der Waals surface area (Å²) in [7, 11) is 0. The van der Waals surface area contributed by atoms with Crippen LogP contribution in [0.5, 0.6) is 0 Å². The summed E-state index contributed by atoms with van der Waals surface area (Å²) in [5.41, 5.74) is 1.63. The molecule has 0 saturated carbocycles. The van der Waals surface area contributed by atoms with Crippen molar-refractivity contribution in [1.29, 1.82) is 0 Å². The molecule has 0 aromatic heterocycles. The van der Waals surface area contributed by atoms with Crippen LogP contribution in [0.2, 0.25) is 0 Å². The third-order valence-corrected chi connectivity index (χ3v) is 5.23. The average Bonchev–Trinajstić information content (AvgIpc) is 2.70. The molecular weight excluding hydrogens is 354 g/mol. The number of amides is 3. The number of aryl methyl sites for hydroxylation is 1. The van der Waals surface area contributed by atoms with Crippen molar-refractivity contribution in [2.24, 2.45) is 11.8 Å². The lowest BCUT2D eigenvalue weighted by molar-refractivity contribution is -0.132. The van der Waals surface area contributed by atoms with Crippen LogP contribution >= 0.6 is 0 Å². The normalized spacial score (nSPS) is 16.0. The van der Waals surface area contributed by atoms with Crippen LogP contribution < -0.4 is 10.6 Å². The second kappa shape index (κ2) is 10.2. The van der Waals surface area contributed by atoms with Gasteiger partial charge in [-0.25, -0.2) is 0 Å². The number of carbonyl (C=O) groups is 3. The van der Waals surface area contributed by atoms with E-state index in [1.807, 2.05) is 44.7 Å². The molecule has 0 spiro atoms. The van der Waals surface area contributed by atoms with E-state index in [-0.39, 0.29) is 23.6 Å². The van der Waals surface area contributed by atoms with Gasteiger partial charge in [0, 0.05) is 31.6 Å². The number of carbonyl (C=O) groups excluding carboxylic acids is 3. The maximum atomic E-state index is 12.8. The molecular formula is C22H33N3O3. The predicted molar refractivity (Wildman–Crippen MR) is 110 cm³/mol. The second-order valence-electron chi connectivity index (χ2n) is 8.03. The van der Waals surface area contributed by atoms with Crippen LogP contribution in [0.3, 0.4) is 0 Å². The molecule has 1 aromatic carbocycles. The highest BCUT2D eigenvalue weighted by atomic mass is 16.2. The highest BCUT2D eigenvalue weighted by Crippen LogP contribution is 2.22. The number of nitrogens with zero attached hydrogens (tertiary/aromatic N) is 1. The quantitative estimate of drug-likeness (QED) is 0.755. The first-order valence-electron chi connectivity index (χ1n) is 10.2. The SMILES string of the molecule is CCC(=O)N1CCC([C@H](NC(=O)c2ccc(C)cc2)C(=O)NCC(C)C)CC1. The van der Waals surface area contributed by atoms with Crippen molar-refractivity contribution in [3.63, 3.8) is 0 Å². The van der Waals surface area contributed by atoms with Gasteiger partial charge in [-0.3, -0.25) is 14.4 Å². The van der Waals surface area contributed by atoms with E-state index in [1.54, 1.807) is 12.1 Å². The van der Waals surface area contributed by atoms with Gasteiger partial charge in [0.15, 0.2) is 0 Å². The Morgan fingerprint density at radius 1 is 1.11 bits per heavy atom. The van der Waals surface area contributed by atoms with E-state index in [2.05, 4.69) is 10.6 Å². The lowest BCUT2D eigenvalue weighted by atomic mass is 9.88. The van der Waals surface area contributed by atoms with E-state index >= 15 is 0 Å². The molecule has 0 unspecified atom stereocenters. The van der Waals surface area contributed by atoms with Crippen LogP contribution in [0.1, 0.15) is 56.0 Å². The number of rotatable bonds is 7. The second-order valence-corrected chi connectivity index (χ2v) is 8.03. The molecule has 1 aliphatic heterocycles. The molecule has 6 heteroatoms. The first-order chi connectivity index (χ1) is 13.3. The van der Waals surface area contributed by atoms with Gasteiger partial charge in [-0.2, -0.15) is 0 Å². The molecule has 2 rings (SSSR count). The van der Waals surface area contributed by atoms with Crippen molar-refractivity contribution < 1.29 is 14.4 Å². The topological polar surface area (TPSA) is 78.5 Å². The molecule has 1 fully saturated rings. The number of hydrogen-bond acceptors (Lipinski definition) is 3. The molecule has 0 aliphatic carbocycles. The molecule has 28 heavy (non-hydrogen) atoms. The first-order valence-corrected chi connectivity index (χ1v) is 10.2. The highest BCUT2D eigenvalue weighted by Gasteiger charge is 2.33. The van der Waals surface area contributed by atoms with Gasteiger partial charge in [0.05, 0.1) is 0 Å². The summed E-state index contributed by atoms with van der Waals surface area (Å²) in [5.74, 6) is 0.109. The molecule has 2 N–H and O–H groups in total. The van der Waals surface area contributed by atoms with Gasteiger partial charge in [-0.1, -0.05) is 38.5 Å². The Morgan fingerprint density at radius 3 is 2.25 bits per heavy atom. The zero-order valence-corrected chi connectivity index (χ0v) is 17.5. The summed E-state index contributed by atoms with van der Waals surface area (Å²) in [5, 5.41) is 5.91. The minimum Gasteiger partial charge on any atom is -0.354 e. The number of piperidine rings is 1. The van der Waals surface area contributed by atoms with Crippen LogP contribution in [-0.2, 0) is 9.59 Å². The number of nitrogens with one attached hydrogen (secondary N) is 2. The van der Waals surface area contributed by atoms with Crippen LogP contribution in [0.15, 0.2) is 24.3 Å². The van der Waals surface area contributed by atoms with E-state index in [9.17, 15) is 14.4 Å². The van der Waals surface area contributed by atoms with Gasteiger partial charge in [0.2, 0.25) is 11.8 Å². The van der Waals surface area contributed by atoms with Crippen molar-refractivity contribution in [2.75, 3.05) is 19.6 Å². The summed E-state index contributed by atoms with van der Waals surface area (Å²) in [6.45, 7) is 9.73. The molecule has 1 heterocycles. The van der Waals surface area contributed by atoms with Crippen LogP contribution in [-0.4, -0.2) is 48.3 Å². The fourth-order valence-electron chi connectivity index (χ4n) is 3.45. The minimum absolute atomic E-state index is 0.0162. The molecule has 1 saturated heterocycles. The summed E-state index contributed by atoms with van der Waals surface area (Å²) in [4.78, 5) is 39.3. The highest BCUT2D eigenvalue weighted by molar-refractivity contribution is 5.97. The Morgan fingerprint density at radius 2 is 1.71 bits per heavy atom. The lowest BCUT2D eigenvalue weighted by Crippen LogP contribution is -2.54. The summed E-state index contributed by atoms with van der Waals surface area (Å²) in [6, 6.07) is 6.73. The maximum Gasteiger partial charge on any atom is 0.251 e. The standard InChI is InChI=1S/C22H33N3O3/c1-5-19(26)25-12-10-17(11-13-25)20(22(28)23-14-15(2)3)24-21(27)18-8-6-16(4)7-9-18/h6-9,15,17,20H,5,10-14H2,1-4H3,(H,23,28)(H,24,27)/t20-/m0/s1. The van der Waals surface area contributed by atoms with E-state index in [4.69, 9.17) is 0 Å². The molecule has 1 aromatic rings. The molecule has 3 amide bonds. The van der Waals surface area contributed by atoms with Gasteiger partial charge < -0.3 is 15.5 Å². The van der Waals surface area contributed by atoms with E-state index < -0.39 is 6.04 Å². The Labute approximate surface area is 168 Å². The van der Waals surface area contributed by atoms with Gasteiger partial charge in [0.1, 0.15) is 6.04 Å². The molecule has 6 nitrogen and oxygen atoms in total. The lowest BCUT2D eigenvalue weighted by Gasteiger charge is -2.35. The third-order valence-electron chi connectivity index (χ3n) is 5.23. The van der Waals surface area contributed by atoms with Gasteiger partial charge in [-0.05, 0) is 43.7 Å². The average molecular weight is 388 g/mol. The van der Waals surface area contributed by atoms with E-state index in [0.717, 1.165) is 5.56 Å². The fourth-order valence-corrected chi connectivity index (χ4v) is 3.45. The smallest absolute Gasteiger partial charge is 0.251 e. The van der Waals surface area contributed by atoms with E-state index in [1.165, 1.54) is 0 Å².